The maximum atomic E-state index is 10.6. The largest absolute Gasteiger partial charge is 0.294 e. The molecule has 0 heterocycles. The predicted octanol–water partition coefficient (Wildman–Crippen LogP) is 2.25. The number of halogens is 2. The van der Waals surface area contributed by atoms with Crippen molar-refractivity contribution in [3.8, 4) is 0 Å². The molecule has 13 heavy (non-hydrogen) atoms. The van der Waals surface area contributed by atoms with Crippen LogP contribution < -0.4 is 0 Å². The highest BCUT2D eigenvalue weighted by molar-refractivity contribution is 8.93. The van der Waals surface area contributed by atoms with Crippen LogP contribution in [0.15, 0.2) is 29.2 Å². The van der Waals surface area contributed by atoms with Crippen LogP contribution in [-0.4, -0.2) is 13.0 Å². The molecular formula is C7H8BrClO3S. The lowest BCUT2D eigenvalue weighted by Crippen LogP contribution is -1.97. The Morgan fingerprint density at radius 2 is 1.69 bits per heavy atom. The quantitative estimate of drug-likeness (QED) is 0.670. The molecule has 0 aliphatic heterocycles. The molecule has 0 radical (unpaired) electrons. The number of benzene rings is 1. The first-order chi connectivity index (χ1) is 5.54. The predicted molar refractivity (Wildman–Crippen MR) is 56.1 cm³/mol. The Morgan fingerprint density at radius 1 is 1.23 bits per heavy atom. The minimum atomic E-state index is -4.07. The molecule has 0 atom stereocenters. The maximum Gasteiger partial charge on any atom is 0.294 e. The third-order valence-corrected chi connectivity index (χ3v) is 2.55. The van der Waals surface area contributed by atoms with Gasteiger partial charge in [0.25, 0.3) is 10.1 Å². The van der Waals surface area contributed by atoms with E-state index in [0.717, 1.165) is 5.56 Å². The van der Waals surface area contributed by atoms with Gasteiger partial charge >= 0.3 is 0 Å². The Hall–Kier alpha value is -0.100. The lowest BCUT2D eigenvalue weighted by Gasteiger charge is -1.97. The van der Waals surface area contributed by atoms with Crippen molar-refractivity contribution in [2.45, 2.75) is 10.8 Å². The van der Waals surface area contributed by atoms with Gasteiger partial charge in [0.1, 0.15) is 0 Å². The van der Waals surface area contributed by atoms with Crippen LogP contribution >= 0.6 is 28.6 Å². The average Bonchev–Trinajstić information content (AvgIpc) is 2.03. The molecule has 1 aromatic carbocycles. The summed E-state index contributed by atoms with van der Waals surface area (Å²) in [6.45, 7) is 0. The smallest absolute Gasteiger partial charge is 0.282 e. The standard InChI is InChI=1S/C7H7ClO3S.BrH/c8-5-6-1-3-7(4-2-6)12(9,10)11;/h1-4H,5H2,(H,9,10,11);1H. The van der Waals surface area contributed by atoms with Crippen molar-refractivity contribution in [2.75, 3.05) is 0 Å². The van der Waals surface area contributed by atoms with Crippen LogP contribution in [0.4, 0.5) is 0 Å². The minimum Gasteiger partial charge on any atom is -0.282 e. The molecule has 0 amide bonds. The Kier molecular flexibility index (Phi) is 4.91. The van der Waals surface area contributed by atoms with Gasteiger partial charge in [-0.15, -0.1) is 28.6 Å². The summed E-state index contributed by atoms with van der Waals surface area (Å²) in [7, 11) is -4.07. The lowest BCUT2D eigenvalue weighted by molar-refractivity contribution is 0.483. The number of rotatable bonds is 2. The van der Waals surface area contributed by atoms with Gasteiger partial charge in [0.15, 0.2) is 0 Å². The fraction of sp³-hybridized carbons (Fsp3) is 0.143. The second-order valence-corrected chi connectivity index (χ2v) is 3.94. The van der Waals surface area contributed by atoms with E-state index in [1.54, 1.807) is 12.1 Å². The highest BCUT2D eigenvalue weighted by Gasteiger charge is 2.07. The summed E-state index contributed by atoms with van der Waals surface area (Å²) in [5, 5.41) is 0. The molecule has 0 fully saturated rings. The van der Waals surface area contributed by atoms with E-state index < -0.39 is 10.1 Å². The Balaban J connectivity index is 0.00000144. The molecule has 74 valence electrons. The zero-order chi connectivity index (χ0) is 9.19. The Bertz CT molecular complexity index is 360. The highest BCUT2D eigenvalue weighted by atomic mass is 79.9. The highest BCUT2D eigenvalue weighted by Crippen LogP contribution is 2.11. The van der Waals surface area contributed by atoms with Crippen LogP contribution in [0, 0.1) is 0 Å². The summed E-state index contributed by atoms with van der Waals surface area (Å²) >= 11 is 5.48. The summed E-state index contributed by atoms with van der Waals surface area (Å²) < 4.78 is 29.7. The molecule has 0 spiro atoms. The van der Waals surface area contributed by atoms with Crippen molar-refractivity contribution in [3.63, 3.8) is 0 Å². The van der Waals surface area contributed by atoms with Crippen molar-refractivity contribution in [3.05, 3.63) is 29.8 Å². The zero-order valence-electron chi connectivity index (χ0n) is 6.47. The molecule has 1 rings (SSSR count). The van der Waals surface area contributed by atoms with Gasteiger partial charge in [0.2, 0.25) is 0 Å². The van der Waals surface area contributed by atoms with Crippen LogP contribution in [0.2, 0.25) is 0 Å². The molecule has 0 bridgehead atoms. The molecule has 0 aliphatic carbocycles. The summed E-state index contributed by atoms with van der Waals surface area (Å²) in [5.74, 6) is 0.325. The molecule has 0 unspecified atom stereocenters. The third kappa shape index (κ3) is 3.64. The van der Waals surface area contributed by atoms with Crippen LogP contribution in [-0.2, 0) is 16.0 Å². The fourth-order valence-corrected chi connectivity index (χ4v) is 1.41. The lowest BCUT2D eigenvalue weighted by atomic mass is 10.2. The van der Waals surface area contributed by atoms with Crippen LogP contribution in [0.3, 0.4) is 0 Å². The van der Waals surface area contributed by atoms with Crippen LogP contribution in [0.25, 0.3) is 0 Å². The van der Waals surface area contributed by atoms with Gasteiger partial charge in [-0.1, -0.05) is 12.1 Å². The fourth-order valence-electron chi connectivity index (χ4n) is 0.751. The normalized spacial score (nSPS) is 10.6. The molecule has 0 aliphatic rings. The number of alkyl halides is 1. The van der Waals surface area contributed by atoms with Crippen molar-refractivity contribution in [2.24, 2.45) is 0 Å². The molecular weight excluding hydrogens is 279 g/mol. The van der Waals surface area contributed by atoms with E-state index in [1.807, 2.05) is 0 Å². The van der Waals surface area contributed by atoms with Gasteiger partial charge in [-0.3, -0.25) is 4.55 Å². The van der Waals surface area contributed by atoms with Crippen LogP contribution in [0.1, 0.15) is 5.56 Å². The molecule has 0 saturated heterocycles. The first-order valence-electron chi connectivity index (χ1n) is 3.16. The Labute approximate surface area is 92.2 Å². The summed E-state index contributed by atoms with van der Waals surface area (Å²) in [5.41, 5.74) is 0.809. The molecule has 6 heteroatoms. The molecule has 0 aromatic heterocycles. The summed E-state index contributed by atoms with van der Waals surface area (Å²) in [6, 6.07) is 5.73. The van der Waals surface area contributed by atoms with E-state index in [1.165, 1.54) is 12.1 Å². The van der Waals surface area contributed by atoms with E-state index in [-0.39, 0.29) is 21.9 Å². The van der Waals surface area contributed by atoms with Crippen molar-refractivity contribution < 1.29 is 13.0 Å². The van der Waals surface area contributed by atoms with Gasteiger partial charge in [0, 0.05) is 5.88 Å². The van der Waals surface area contributed by atoms with E-state index >= 15 is 0 Å². The van der Waals surface area contributed by atoms with Gasteiger partial charge in [0.05, 0.1) is 4.90 Å². The van der Waals surface area contributed by atoms with Gasteiger partial charge in [-0.25, -0.2) is 0 Å². The topological polar surface area (TPSA) is 54.4 Å². The molecule has 1 N–H and O–H groups in total. The van der Waals surface area contributed by atoms with E-state index in [0.29, 0.717) is 5.88 Å². The van der Waals surface area contributed by atoms with Gasteiger partial charge in [-0.2, -0.15) is 8.42 Å². The minimum absolute atomic E-state index is 0. The van der Waals surface area contributed by atoms with Gasteiger partial charge in [-0.05, 0) is 17.7 Å². The third-order valence-electron chi connectivity index (χ3n) is 1.38. The molecule has 3 nitrogen and oxygen atoms in total. The first-order valence-corrected chi connectivity index (χ1v) is 5.14. The number of hydrogen-bond donors (Lipinski definition) is 1. The molecule has 0 saturated carbocycles. The second kappa shape index (κ2) is 4.95. The summed E-state index contributed by atoms with van der Waals surface area (Å²) in [4.78, 5) is -0.114. The maximum absolute atomic E-state index is 10.6. The van der Waals surface area contributed by atoms with E-state index in [4.69, 9.17) is 16.2 Å². The summed E-state index contributed by atoms with van der Waals surface area (Å²) in [6.07, 6.45) is 0. The molecule has 1 aromatic rings. The van der Waals surface area contributed by atoms with Crippen molar-refractivity contribution in [1.82, 2.24) is 0 Å². The van der Waals surface area contributed by atoms with E-state index in [9.17, 15) is 8.42 Å². The van der Waals surface area contributed by atoms with Gasteiger partial charge < -0.3 is 0 Å². The SMILES string of the molecule is Br.O=S(=O)(O)c1ccc(CCl)cc1. The first kappa shape index (κ1) is 12.9. The van der Waals surface area contributed by atoms with E-state index in [2.05, 4.69) is 0 Å². The number of hydrogen-bond acceptors (Lipinski definition) is 2. The Morgan fingerprint density at radius 3 is 2.00 bits per heavy atom. The second-order valence-electron chi connectivity index (χ2n) is 2.25. The van der Waals surface area contributed by atoms with Crippen molar-refractivity contribution >= 4 is 38.7 Å². The average molecular weight is 288 g/mol. The zero-order valence-corrected chi connectivity index (χ0v) is 9.76. The monoisotopic (exact) mass is 286 g/mol. The van der Waals surface area contributed by atoms with Crippen LogP contribution in [0.5, 0.6) is 0 Å². The van der Waals surface area contributed by atoms with Crippen molar-refractivity contribution in [1.29, 1.82) is 0 Å².